The summed E-state index contributed by atoms with van der Waals surface area (Å²) in [5.74, 6) is 0. The van der Waals surface area contributed by atoms with Crippen LogP contribution in [0.1, 0.15) is 6.92 Å². The Morgan fingerprint density at radius 2 is 2.08 bits per heavy atom. The molecule has 1 atom stereocenters. The fourth-order valence-electron chi connectivity index (χ4n) is 0.867. The quantitative estimate of drug-likeness (QED) is 0.436. The smallest absolute Gasteiger partial charge is 0.121 e. The van der Waals surface area contributed by atoms with Gasteiger partial charge < -0.3 is 10.4 Å². The van der Waals surface area contributed by atoms with Crippen molar-refractivity contribution in [3.05, 3.63) is 18.2 Å². The molecule has 12 heavy (non-hydrogen) atoms. The van der Waals surface area contributed by atoms with E-state index in [-0.39, 0.29) is 0 Å². The van der Waals surface area contributed by atoms with Gasteiger partial charge in [-0.05, 0) is 25.1 Å². The molecule has 1 aromatic rings. The van der Waals surface area contributed by atoms with Crippen LogP contribution in [0.3, 0.4) is 0 Å². The molecule has 0 aliphatic heterocycles. The first kappa shape index (κ1) is 9.77. The molecule has 1 rings (SSSR count). The fraction of sp³-hybridized carbons (Fsp3) is 0.250. The summed E-state index contributed by atoms with van der Waals surface area (Å²) in [4.78, 5) is 1.64. The second kappa shape index (κ2) is 4.07. The highest BCUT2D eigenvalue weighted by Crippen LogP contribution is 2.23. The Morgan fingerprint density at radius 1 is 1.42 bits per heavy atom. The number of aliphatic hydroxyl groups excluding tert-OH is 1. The average Bonchev–Trinajstić information content (AvgIpc) is 1.94. The molecule has 0 saturated heterocycles. The van der Waals surface area contributed by atoms with E-state index >= 15 is 0 Å². The number of hydrogen-bond acceptors (Lipinski definition) is 4. The lowest BCUT2D eigenvalue weighted by molar-refractivity contribution is 0.224. The van der Waals surface area contributed by atoms with E-state index in [2.05, 4.69) is 30.6 Å². The van der Waals surface area contributed by atoms with Crippen molar-refractivity contribution in [2.45, 2.75) is 22.9 Å². The molecule has 1 unspecified atom stereocenters. The molecule has 0 aliphatic carbocycles. The molecule has 1 aromatic carbocycles. The van der Waals surface area contributed by atoms with Crippen LogP contribution in [0.5, 0.6) is 0 Å². The summed E-state index contributed by atoms with van der Waals surface area (Å²) in [6.45, 7) is 1.65. The Hall–Kier alpha value is -0.320. The number of anilines is 1. The molecule has 2 nitrogen and oxygen atoms in total. The minimum atomic E-state index is -0.568. The third kappa shape index (κ3) is 2.62. The minimum absolute atomic E-state index is 0.568. The molecule has 4 heteroatoms. The Morgan fingerprint density at radius 3 is 2.58 bits per heavy atom. The maximum atomic E-state index is 9.04. The largest absolute Gasteiger partial charge is 0.374 e. The van der Waals surface area contributed by atoms with E-state index in [1.54, 1.807) is 6.92 Å². The van der Waals surface area contributed by atoms with Crippen LogP contribution in [0.15, 0.2) is 28.0 Å². The van der Waals surface area contributed by atoms with Crippen molar-refractivity contribution in [2.24, 2.45) is 0 Å². The second-order valence-electron chi connectivity index (χ2n) is 2.52. The topological polar surface area (TPSA) is 32.3 Å². The number of aliphatic hydroxyl groups is 1. The number of nitrogens with one attached hydrogen (secondary N) is 1. The molecule has 0 aliphatic rings. The fourth-order valence-corrected chi connectivity index (χ4v) is 1.45. The summed E-state index contributed by atoms with van der Waals surface area (Å²) < 4.78 is 0. The molecule has 0 spiro atoms. The van der Waals surface area contributed by atoms with Crippen molar-refractivity contribution in [3.8, 4) is 0 Å². The summed E-state index contributed by atoms with van der Waals surface area (Å²) in [6, 6.07) is 5.49. The number of thiol groups is 2. The van der Waals surface area contributed by atoms with E-state index in [1.807, 2.05) is 18.2 Å². The van der Waals surface area contributed by atoms with E-state index in [4.69, 9.17) is 5.11 Å². The van der Waals surface area contributed by atoms with Crippen LogP contribution in [-0.4, -0.2) is 11.3 Å². The number of hydrogen-bond donors (Lipinski definition) is 4. The molecule has 0 aromatic heterocycles. The third-order valence-corrected chi connectivity index (χ3v) is 1.99. The number of benzene rings is 1. The van der Waals surface area contributed by atoms with Crippen molar-refractivity contribution in [3.63, 3.8) is 0 Å². The normalized spacial score (nSPS) is 12.7. The van der Waals surface area contributed by atoms with Gasteiger partial charge in [-0.1, -0.05) is 0 Å². The maximum absolute atomic E-state index is 9.04. The lowest BCUT2D eigenvalue weighted by Gasteiger charge is -2.11. The minimum Gasteiger partial charge on any atom is -0.374 e. The van der Waals surface area contributed by atoms with Gasteiger partial charge >= 0.3 is 0 Å². The highest BCUT2D eigenvalue weighted by molar-refractivity contribution is 7.81. The Labute approximate surface area is 82.8 Å². The molecule has 0 bridgehead atoms. The first-order valence-corrected chi connectivity index (χ1v) is 4.45. The lowest BCUT2D eigenvalue weighted by atomic mass is 10.3. The zero-order valence-electron chi connectivity index (χ0n) is 6.65. The Kier molecular flexibility index (Phi) is 3.31. The Bertz CT molecular complexity index is 276. The molecule has 0 saturated carbocycles. The van der Waals surface area contributed by atoms with Crippen LogP contribution in [0.2, 0.25) is 0 Å². The van der Waals surface area contributed by atoms with E-state index < -0.39 is 6.23 Å². The van der Waals surface area contributed by atoms with E-state index in [0.29, 0.717) is 0 Å². The first-order valence-electron chi connectivity index (χ1n) is 3.56. The highest BCUT2D eigenvalue weighted by atomic mass is 32.1. The van der Waals surface area contributed by atoms with Gasteiger partial charge in [0, 0.05) is 15.5 Å². The van der Waals surface area contributed by atoms with Gasteiger partial charge in [0.25, 0.3) is 0 Å². The van der Waals surface area contributed by atoms with Crippen molar-refractivity contribution in [1.29, 1.82) is 0 Å². The SMILES string of the molecule is CC(O)Nc1ccc(S)cc1S. The van der Waals surface area contributed by atoms with E-state index in [0.717, 1.165) is 15.5 Å². The first-order chi connectivity index (χ1) is 5.59. The summed E-state index contributed by atoms with van der Waals surface area (Å²) in [5, 5.41) is 11.9. The van der Waals surface area contributed by atoms with Gasteiger partial charge in [0.05, 0.1) is 0 Å². The highest BCUT2D eigenvalue weighted by Gasteiger charge is 2.00. The summed E-state index contributed by atoms with van der Waals surface area (Å²) in [6.07, 6.45) is -0.568. The van der Waals surface area contributed by atoms with Crippen LogP contribution in [0.4, 0.5) is 5.69 Å². The van der Waals surface area contributed by atoms with Crippen molar-refractivity contribution < 1.29 is 5.11 Å². The lowest BCUT2D eigenvalue weighted by Crippen LogP contribution is -2.13. The summed E-state index contributed by atoms with van der Waals surface area (Å²) in [7, 11) is 0. The van der Waals surface area contributed by atoms with Crippen molar-refractivity contribution >= 4 is 30.9 Å². The average molecular weight is 201 g/mol. The van der Waals surface area contributed by atoms with Crippen molar-refractivity contribution in [2.75, 3.05) is 5.32 Å². The molecule has 0 amide bonds. The monoisotopic (exact) mass is 201 g/mol. The standard InChI is InChI=1S/C8H11NOS2/c1-5(10)9-7-3-2-6(11)4-8(7)12/h2-5,9-12H,1H3. The zero-order chi connectivity index (χ0) is 9.14. The van der Waals surface area contributed by atoms with Crippen molar-refractivity contribution in [1.82, 2.24) is 0 Å². The van der Waals surface area contributed by atoms with Gasteiger partial charge in [-0.3, -0.25) is 0 Å². The van der Waals surface area contributed by atoms with Gasteiger partial charge in [-0.2, -0.15) is 0 Å². The molecule has 0 fully saturated rings. The second-order valence-corrected chi connectivity index (χ2v) is 3.52. The van der Waals surface area contributed by atoms with Crippen LogP contribution in [-0.2, 0) is 0 Å². The number of rotatable bonds is 2. The van der Waals surface area contributed by atoms with E-state index in [1.165, 1.54) is 0 Å². The predicted octanol–water partition coefficient (Wildman–Crippen LogP) is 2.01. The van der Waals surface area contributed by atoms with Gasteiger partial charge in [0.2, 0.25) is 0 Å². The molecule has 2 N–H and O–H groups in total. The van der Waals surface area contributed by atoms with Crippen LogP contribution in [0, 0.1) is 0 Å². The van der Waals surface area contributed by atoms with Crippen LogP contribution >= 0.6 is 25.3 Å². The van der Waals surface area contributed by atoms with Crippen LogP contribution < -0.4 is 5.32 Å². The predicted molar refractivity (Wildman–Crippen MR) is 56.2 cm³/mol. The van der Waals surface area contributed by atoms with Gasteiger partial charge in [0.15, 0.2) is 0 Å². The van der Waals surface area contributed by atoms with Gasteiger partial charge in [0.1, 0.15) is 6.23 Å². The molecule has 0 radical (unpaired) electrons. The molecule has 0 heterocycles. The third-order valence-electron chi connectivity index (χ3n) is 1.35. The molecule has 66 valence electrons. The zero-order valence-corrected chi connectivity index (χ0v) is 8.44. The van der Waals surface area contributed by atoms with Gasteiger partial charge in [-0.25, -0.2) is 0 Å². The van der Waals surface area contributed by atoms with E-state index in [9.17, 15) is 0 Å². The molecular weight excluding hydrogens is 190 g/mol. The molecular formula is C8H11NOS2. The Balaban J connectivity index is 2.86. The summed E-state index contributed by atoms with van der Waals surface area (Å²) >= 11 is 8.37. The summed E-state index contributed by atoms with van der Waals surface area (Å²) in [5.41, 5.74) is 0.811. The van der Waals surface area contributed by atoms with Gasteiger partial charge in [-0.15, -0.1) is 25.3 Å². The maximum Gasteiger partial charge on any atom is 0.121 e. The van der Waals surface area contributed by atoms with Crippen LogP contribution in [0.25, 0.3) is 0 Å².